The molecule has 0 aromatic heterocycles. The number of sulfonamides is 1. The van der Waals surface area contributed by atoms with Gasteiger partial charge in [-0.05, 0) is 38.8 Å². The van der Waals surface area contributed by atoms with Crippen molar-refractivity contribution in [2.45, 2.75) is 56.0 Å². The van der Waals surface area contributed by atoms with Crippen LogP contribution in [0.1, 0.15) is 45.1 Å². The Balaban J connectivity index is 1.80. The Hall–Kier alpha value is -2.42. The van der Waals surface area contributed by atoms with Gasteiger partial charge in [0.1, 0.15) is 17.4 Å². The number of nitrogens with one attached hydrogen (secondary N) is 2. The van der Waals surface area contributed by atoms with Crippen LogP contribution in [0.25, 0.3) is 0 Å². The van der Waals surface area contributed by atoms with Gasteiger partial charge in [-0.2, -0.15) is 0 Å². The Labute approximate surface area is 158 Å². The molecule has 0 bridgehead atoms. The minimum absolute atomic E-state index is 0.129. The van der Waals surface area contributed by atoms with Crippen LogP contribution in [0.15, 0.2) is 34.2 Å². The SMILES string of the molecule is CCOC(=O)C1(NC(=O)[C@H](C)N=C2NS(=O)(=O)c3ccccc32)CCCC1. The lowest BCUT2D eigenvalue weighted by Gasteiger charge is -2.28. The number of amidine groups is 1. The Kier molecular flexibility index (Phi) is 5.23. The van der Waals surface area contributed by atoms with E-state index in [-0.39, 0.29) is 17.3 Å². The molecule has 1 aromatic rings. The van der Waals surface area contributed by atoms with Gasteiger partial charge in [0.05, 0.1) is 11.5 Å². The first-order valence-electron chi connectivity index (χ1n) is 8.98. The predicted octanol–water partition coefficient (Wildman–Crippen LogP) is 1.11. The molecule has 1 fully saturated rings. The summed E-state index contributed by atoms with van der Waals surface area (Å²) in [7, 11) is -3.67. The van der Waals surface area contributed by atoms with E-state index in [0.29, 0.717) is 18.4 Å². The highest BCUT2D eigenvalue weighted by Crippen LogP contribution is 2.31. The van der Waals surface area contributed by atoms with Gasteiger partial charge in [-0.15, -0.1) is 0 Å². The number of hydrogen-bond acceptors (Lipinski definition) is 6. The maximum Gasteiger partial charge on any atom is 0.331 e. The van der Waals surface area contributed by atoms with Crippen molar-refractivity contribution in [3.05, 3.63) is 29.8 Å². The highest BCUT2D eigenvalue weighted by molar-refractivity contribution is 7.90. The van der Waals surface area contributed by atoms with Gasteiger partial charge in [0.15, 0.2) is 0 Å². The van der Waals surface area contributed by atoms with E-state index in [1.165, 1.54) is 6.07 Å². The molecule has 1 atom stereocenters. The molecule has 9 heteroatoms. The molecule has 1 heterocycles. The van der Waals surface area contributed by atoms with Crippen molar-refractivity contribution < 1.29 is 22.7 Å². The second kappa shape index (κ2) is 7.30. The number of carbonyl (C=O) groups excluding carboxylic acids is 2. The number of esters is 1. The van der Waals surface area contributed by atoms with Crippen LogP contribution in [0.4, 0.5) is 0 Å². The van der Waals surface area contributed by atoms with Crippen molar-refractivity contribution in [3.63, 3.8) is 0 Å². The topological polar surface area (TPSA) is 114 Å². The van der Waals surface area contributed by atoms with Crippen molar-refractivity contribution in [1.82, 2.24) is 10.0 Å². The highest BCUT2D eigenvalue weighted by atomic mass is 32.2. The molecule has 0 radical (unpaired) electrons. The smallest absolute Gasteiger partial charge is 0.331 e. The second-order valence-electron chi connectivity index (χ2n) is 6.75. The summed E-state index contributed by atoms with van der Waals surface area (Å²) in [6.07, 6.45) is 2.71. The van der Waals surface area contributed by atoms with Gasteiger partial charge in [0.2, 0.25) is 5.91 Å². The van der Waals surface area contributed by atoms with Gasteiger partial charge in [-0.1, -0.05) is 25.0 Å². The van der Waals surface area contributed by atoms with E-state index in [1.54, 1.807) is 32.0 Å². The molecule has 0 spiro atoms. The van der Waals surface area contributed by atoms with Crippen molar-refractivity contribution in [3.8, 4) is 0 Å². The molecule has 1 amide bonds. The lowest BCUT2D eigenvalue weighted by molar-refractivity contribution is -0.153. The number of rotatable bonds is 5. The molecule has 2 aliphatic rings. The van der Waals surface area contributed by atoms with E-state index < -0.39 is 33.5 Å². The van der Waals surface area contributed by atoms with Crippen LogP contribution in [-0.2, 0) is 24.3 Å². The van der Waals surface area contributed by atoms with Gasteiger partial charge < -0.3 is 10.1 Å². The fourth-order valence-electron chi connectivity index (χ4n) is 3.45. The number of fused-ring (bicyclic) bond motifs is 1. The first-order valence-corrected chi connectivity index (χ1v) is 10.5. The van der Waals surface area contributed by atoms with Gasteiger partial charge in [-0.3, -0.25) is 14.5 Å². The normalized spacial score (nSPS) is 21.9. The number of ether oxygens (including phenoxy) is 1. The first-order chi connectivity index (χ1) is 12.8. The summed E-state index contributed by atoms with van der Waals surface area (Å²) < 4.78 is 31.8. The summed E-state index contributed by atoms with van der Waals surface area (Å²) in [4.78, 5) is 29.4. The number of benzene rings is 1. The molecule has 1 aliphatic heterocycles. The van der Waals surface area contributed by atoms with Crippen LogP contribution in [0.5, 0.6) is 0 Å². The number of carbonyl (C=O) groups is 2. The number of amides is 1. The lowest BCUT2D eigenvalue weighted by Crippen LogP contribution is -2.55. The summed E-state index contributed by atoms with van der Waals surface area (Å²) in [5.74, 6) is -0.742. The third-order valence-corrected chi connectivity index (χ3v) is 6.25. The lowest BCUT2D eigenvalue weighted by atomic mass is 9.97. The summed E-state index contributed by atoms with van der Waals surface area (Å²) in [6, 6.07) is 5.57. The van der Waals surface area contributed by atoms with Crippen LogP contribution >= 0.6 is 0 Å². The average molecular weight is 393 g/mol. The third kappa shape index (κ3) is 3.69. The molecule has 146 valence electrons. The maximum absolute atomic E-state index is 12.7. The summed E-state index contributed by atoms with van der Waals surface area (Å²) in [5.41, 5.74) is -0.590. The Morgan fingerprint density at radius 3 is 2.63 bits per heavy atom. The molecule has 3 rings (SSSR count). The third-order valence-electron chi connectivity index (χ3n) is 4.85. The molecular formula is C18H23N3O5S. The number of hydrogen-bond donors (Lipinski definition) is 2. The molecular weight excluding hydrogens is 370 g/mol. The van der Waals surface area contributed by atoms with Crippen molar-refractivity contribution in [2.75, 3.05) is 6.61 Å². The Morgan fingerprint density at radius 2 is 1.96 bits per heavy atom. The largest absolute Gasteiger partial charge is 0.464 e. The standard InChI is InChI=1S/C18H23N3O5S/c1-3-26-17(23)18(10-6-7-11-18)20-16(22)12(2)19-15-13-8-4-5-9-14(13)27(24,25)21-15/h4-5,8-9,12H,3,6-7,10-11H2,1-2H3,(H,19,21)(H,20,22)/t12-/m0/s1. The fraction of sp³-hybridized carbons (Fsp3) is 0.500. The van der Waals surface area contributed by atoms with Crippen molar-refractivity contribution in [1.29, 1.82) is 0 Å². The van der Waals surface area contributed by atoms with E-state index in [9.17, 15) is 18.0 Å². The van der Waals surface area contributed by atoms with Gasteiger partial charge >= 0.3 is 5.97 Å². The monoisotopic (exact) mass is 393 g/mol. The fourth-order valence-corrected chi connectivity index (χ4v) is 4.69. The van der Waals surface area contributed by atoms with E-state index >= 15 is 0 Å². The van der Waals surface area contributed by atoms with Crippen LogP contribution in [-0.4, -0.2) is 44.3 Å². The molecule has 8 nitrogen and oxygen atoms in total. The first kappa shape index (κ1) is 19.3. The Bertz CT molecular complexity index is 888. The van der Waals surface area contributed by atoms with E-state index in [2.05, 4.69) is 15.0 Å². The van der Waals surface area contributed by atoms with Gasteiger partial charge in [0.25, 0.3) is 10.0 Å². The zero-order chi connectivity index (χ0) is 19.7. The predicted molar refractivity (Wildman–Crippen MR) is 98.7 cm³/mol. The average Bonchev–Trinajstić information content (AvgIpc) is 3.19. The zero-order valence-electron chi connectivity index (χ0n) is 15.3. The minimum atomic E-state index is -3.67. The quantitative estimate of drug-likeness (QED) is 0.728. The van der Waals surface area contributed by atoms with Crippen LogP contribution < -0.4 is 10.0 Å². The van der Waals surface area contributed by atoms with E-state index in [0.717, 1.165) is 12.8 Å². The van der Waals surface area contributed by atoms with Gasteiger partial charge in [-0.25, -0.2) is 13.2 Å². The number of aliphatic imine (C=N–C) groups is 1. The molecule has 0 unspecified atom stereocenters. The zero-order valence-corrected chi connectivity index (χ0v) is 16.1. The summed E-state index contributed by atoms with van der Waals surface area (Å²) in [5, 5.41) is 2.80. The van der Waals surface area contributed by atoms with Crippen LogP contribution in [0.3, 0.4) is 0 Å². The van der Waals surface area contributed by atoms with Crippen LogP contribution in [0, 0.1) is 0 Å². The van der Waals surface area contributed by atoms with Crippen LogP contribution in [0.2, 0.25) is 0 Å². The highest BCUT2D eigenvalue weighted by Gasteiger charge is 2.44. The minimum Gasteiger partial charge on any atom is -0.464 e. The Morgan fingerprint density at radius 1 is 1.30 bits per heavy atom. The van der Waals surface area contributed by atoms with E-state index in [4.69, 9.17) is 4.74 Å². The molecule has 27 heavy (non-hydrogen) atoms. The van der Waals surface area contributed by atoms with Crippen molar-refractivity contribution in [2.24, 2.45) is 4.99 Å². The molecule has 1 aromatic carbocycles. The van der Waals surface area contributed by atoms with E-state index in [1.807, 2.05) is 0 Å². The summed E-state index contributed by atoms with van der Waals surface area (Å²) in [6.45, 7) is 3.53. The molecule has 0 saturated heterocycles. The second-order valence-corrected chi connectivity index (χ2v) is 8.41. The number of nitrogens with zero attached hydrogens (tertiary/aromatic N) is 1. The molecule has 1 saturated carbocycles. The van der Waals surface area contributed by atoms with Gasteiger partial charge in [0, 0.05) is 5.56 Å². The maximum atomic E-state index is 12.7. The van der Waals surface area contributed by atoms with Crippen molar-refractivity contribution >= 4 is 27.7 Å². The molecule has 2 N–H and O–H groups in total. The summed E-state index contributed by atoms with van der Waals surface area (Å²) >= 11 is 0. The molecule has 1 aliphatic carbocycles.